The number of benzene rings is 1. The molecule has 1 aromatic rings. The van der Waals surface area contributed by atoms with Gasteiger partial charge in [-0.3, -0.25) is 0 Å². The van der Waals surface area contributed by atoms with Crippen LogP contribution in [0.4, 0.5) is 0 Å². The third-order valence-electron chi connectivity index (χ3n) is 1.74. The molecule has 0 aliphatic carbocycles. The van der Waals surface area contributed by atoms with Gasteiger partial charge in [0.25, 0.3) is 0 Å². The third-order valence-corrected chi connectivity index (χ3v) is 2.46. The topological polar surface area (TPSA) is 64.9 Å². The molecule has 0 fully saturated rings. The predicted molar refractivity (Wildman–Crippen MR) is 57.2 cm³/mol. The van der Waals surface area contributed by atoms with E-state index in [-0.39, 0.29) is 0 Å². The van der Waals surface area contributed by atoms with Gasteiger partial charge in [-0.15, -0.1) is 0 Å². The molecule has 0 saturated heterocycles. The Morgan fingerprint density at radius 1 is 1.46 bits per heavy atom. The smallest absolute Gasteiger partial charge is 0.362 e. The zero-order valence-corrected chi connectivity index (χ0v) is 9.19. The van der Waals surface area contributed by atoms with Crippen molar-refractivity contribution < 1.29 is 15.6 Å². The highest BCUT2D eigenvalue weighted by molar-refractivity contribution is 14.1. The number of hydrogen-bond acceptors (Lipinski definition) is 1. The third kappa shape index (κ3) is 3.31. The van der Waals surface area contributed by atoms with Gasteiger partial charge in [-0.25, -0.2) is 4.79 Å². The normalized spacial score (nSPS) is 12.5. The first-order valence-corrected chi connectivity index (χ1v) is 4.98. The van der Waals surface area contributed by atoms with Gasteiger partial charge in [-0.2, -0.15) is 0 Å². The van der Waals surface area contributed by atoms with Gasteiger partial charge in [0.15, 0.2) is 6.04 Å². The summed E-state index contributed by atoms with van der Waals surface area (Å²) >= 11 is 2.21. The van der Waals surface area contributed by atoms with Gasteiger partial charge in [0.2, 0.25) is 0 Å². The van der Waals surface area contributed by atoms with E-state index < -0.39 is 12.0 Å². The van der Waals surface area contributed by atoms with Crippen molar-refractivity contribution in [2.24, 2.45) is 0 Å². The molecule has 4 N–H and O–H groups in total. The summed E-state index contributed by atoms with van der Waals surface area (Å²) in [4.78, 5) is 10.5. The average molecular weight is 292 g/mol. The zero-order valence-electron chi connectivity index (χ0n) is 7.03. The van der Waals surface area contributed by atoms with Gasteiger partial charge in [0.05, 0.1) is 0 Å². The molecule has 70 valence electrons. The molecular weight excluding hydrogens is 281 g/mol. The van der Waals surface area contributed by atoms with Crippen LogP contribution in [0.5, 0.6) is 0 Å². The second-order valence-corrected chi connectivity index (χ2v) is 4.11. The van der Waals surface area contributed by atoms with E-state index in [1.54, 1.807) is 0 Å². The lowest BCUT2D eigenvalue weighted by Gasteiger charge is -2.02. The van der Waals surface area contributed by atoms with E-state index >= 15 is 0 Å². The molecule has 4 heteroatoms. The van der Waals surface area contributed by atoms with Crippen LogP contribution < -0.4 is 5.73 Å². The van der Waals surface area contributed by atoms with Crippen LogP contribution in [0.3, 0.4) is 0 Å². The first kappa shape index (κ1) is 10.5. The maximum atomic E-state index is 10.5. The Labute approximate surface area is 90.1 Å². The minimum atomic E-state index is -0.849. The number of rotatable bonds is 3. The molecule has 13 heavy (non-hydrogen) atoms. The highest BCUT2D eigenvalue weighted by Crippen LogP contribution is 2.07. The highest BCUT2D eigenvalue weighted by Gasteiger charge is 2.15. The van der Waals surface area contributed by atoms with Crippen LogP contribution in [0, 0.1) is 3.57 Å². The van der Waals surface area contributed by atoms with Gasteiger partial charge in [-0.05, 0) is 40.3 Å². The van der Waals surface area contributed by atoms with Crippen molar-refractivity contribution in [2.75, 3.05) is 0 Å². The number of aliphatic carboxylic acids is 1. The number of hydrogen-bond donors (Lipinski definition) is 2. The van der Waals surface area contributed by atoms with Crippen molar-refractivity contribution in [1.82, 2.24) is 0 Å². The van der Waals surface area contributed by atoms with Crippen molar-refractivity contribution in [2.45, 2.75) is 12.5 Å². The molecule has 1 atom stereocenters. The zero-order chi connectivity index (χ0) is 9.84. The number of carboxylic acids is 1. The maximum Gasteiger partial charge on any atom is 0.362 e. The highest BCUT2D eigenvalue weighted by atomic mass is 127. The fraction of sp³-hybridized carbons (Fsp3) is 0.222. The Morgan fingerprint density at radius 2 is 2.00 bits per heavy atom. The molecule has 0 amide bonds. The molecule has 0 bridgehead atoms. The van der Waals surface area contributed by atoms with Crippen LogP contribution in [-0.2, 0) is 11.2 Å². The summed E-state index contributed by atoms with van der Waals surface area (Å²) in [7, 11) is 0. The monoisotopic (exact) mass is 292 g/mol. The van der Waals surface area contributed by atoms with Crippen LogP contribution in [-0.4, -0.2) is 17.1 Å². The molecule has 1 aromatic carbocycles. The van der Waals surface area contributed by atoms with Gasteiger partial charge in [0.1, 0.15) is 0 Å². The van der Waals surface area contributed by atoms with Crippen LogP contribution in [0.1, 0.15) is 5.56 Å². The number of carbonyl (C=O) groups is 1. The van der Waals surface area contributed by atoms with E-state index in [2.05, 4.69) is 28.3 Å². The molecule has 1 unspecified atom stereocenters. The number of carboxylic acid groups (broad SMARTS) is 1. The molecule has 0 heterocycles. The van der Waals surface area contributed by atoms with Gasteiger partial charge < -0.3 is 10.8 Å². The largest absolute Gasteiger partial charge is 0.477 e. The SMILES string of the molecule is [NH3+]C(Cc1ccc(I)cc1)C(=O)O. The maximum absolute atomic E-state index is 10.5. The van der Waals surface area contributed by atoms with Crippen molar-refractivity contribution in [3.63, 3.8) is 0 Å². The first-order chi connectivity index (χ1) is 6.09. The van der Waals surface area contributed by atoms with Crippen LogP contribution in [0.25, 0.3) is 0 Å². The average Bonchev–Trinajstić information content (AvgIpc) is 2.08. The minimum absolute atomic E-state index is 0.492. The molecule has 0 aliphatic heterocycles. The van der Waals surface area contributed by atoms with E-state index in [0.29, 0.717) is 6.42 Å². The van der Waals surface area contributed by atoms with Crippen molar-refractivity contribution in [1.29, 1.82) is 0 Å². The van der Waals surface area contributed by atoms with Gasteiger partial charge in [0, 0.05) is 9.99 Å². The Balaban J connectivity index is 2.64. The van der Waals surface area contributed by atoms with E-state index in [4.69, 9.17) is 5.11 Å². The molecule has 0 spiro atoms. The number of halogens is 1. The Bertz CT molecular complexity index is 297. The van der Waals surface area contributed by atoms with E-state index in [0.717, 1.165) is 9.13 Å². The second-order valence-electron chi connectivity index (χ2n) is 2.87. The summed E-state index contributed by atoms with van der Waals surface area (Å²) in [5, 5.41) is 8.63. The summed E-state index contributed by atoms with van der Waals surface area (Å²) in [5.74, 6) is -0.849. The predicted octanol–water partition coefficient (Wildman–Crippen LogP) is 0.529. The van der Waals surface area contributed by atoms with E-state index in [1.165, 1.54) is 0 Å². The molecule has 3 nitrogen and oxygen atoms in total. The summed E-state index contributed by atoms with van der Waals surface area (Å²) in [5.41, 5.74) is 4.57. The Morgan fingerprint density at radius 3 is 2.46 bits per heavy atom. The lowest BCUT2D eigenvalue weighted by atomic mass is 10.1. The fourth-order valence-corrected chi connectivity index (χ4v) is 1.35. The molecule has 0 aromatic heterocycles. The molecule has 1 rings (SSSR count). The van der Waals surface area contributed by atoms with E-state index in [9.17, 15) is 4.79 Å². The fourth-order valence-electron chi connectivity index (χ4n) is 0.992. The summed E-state index contributed by atoms with van der Waals surface area (Å²) in [6.07, 6.45) is 0.492. The lowest BCUT2D eigenvalue weighted by Crippen LogP contribution is -2.65. The van der Waals surface area contributed by atoms with Crippen molar-refractivity contribution >= 4 is 28.6 Å². The minimum Gasteiger partial charge on any atom is -0.477 e. The van der Waals surface area contributed by atoms with Crippen molar-refractivity contribution in [3.05, 3.63) is 33.4 Å². The summed E-state index contributed by atoms with van der Waals surface area (Å²) in [6, 6.07) is 7.24. The lowest BCUT2D eigenvalue weighted by molar-refractivity contribution is -0.407. The summed E-state index contributed by atoms with van der Waals surface area (Å²) < 4.78 is 1.15. The Hall–Kier alpha value is -0.620. The summed E-state index contributed by atoms with van der Waals surface area (Å²) in [6.45, 7) is 0. The number of quaternary nitrogens is 1. The van der Waals surface area contributed by atoms with Crippen molar-refractivity contribution in [3.8, 4) is 0 Å². The molecule has 0 aliphatic rings. The van der Waals surface area contributed by atoms with Gasteiger partial charge in [-0.1, -0.05) is 12.1 Å². The van der Waals surface area contributed by atoms with Crippen LogP contribution >= 0.6 is 22.6 Å². The van der Waals surface area contributed by atoms with Crippen LogP contribution in [0.2, 0.25) is 0 Å². The Kier molecular flexibility index (Phi) is 3.68. The molecular formula is C9H11INO2+. The quantitative estimate of drug-likeness (QED) is 0.798. The standard InChI is InChI=1S/C9H10INO2/c10-7-3-1-6(2-4-7)5-8(11)9(12)13/h1-4,8H,5,11H2,(H,12,13)/p+1. The first-order valence-electron chi connectivity index (χ1n) is 3.90. The van der Waals surface area contributed by atoms with Crippen LogP contribution in [0.15, 0.2) is 24.3 Å². The molecule has 0 radical (unpaired) electrons. The van der Waals surface area contributed by atoms with E-state index in [1.807, 2.05) is 24.3 Å². The second kappa shape index (κ2) is 4.57. The molecule has 0 saturated carbocycles. The van der Waals surface area contributed by atoms with Gasteiger partial charge >= 0.3 is 5.97 Å².